The van der Waals surface area contributed by atoms with Crippen LogP contribution < -0.4 is 5.73 Å². The zero-order valence-corrected chi connectivity index (χ0v) is 9.19. The lowest BCUT2D eigenvalue weighted by molar-refractivity contribution is -0.142. The van der Waals surface area contributed by atoms with E-state index in [0.29, 0.717) is 6.42 Å². The minimum absolute atomic E-state index is 0.344. The molecule has 3 heteroatoms. The van der Waals surface area contributed by atoms with E-state index in [1.54, 1.807) is 0 Å². The Morgan fingerprint density at radius 2 is 2.13 bits per heavy atom. The van der Waals surface area contributed by atoms with Gasteiger partial charge in [0.25, 0.3) is 0 Å². The van der Waals surface area contributed by atoms with Crippen molar-refractivity contribution < 1.29 is 9.53 Å². The minimum Gasteiger partial charge on any atom is -0.468 e. The van der Waals surface area contributed by atoms with Gasteiger partial charge >= 0.3 is 5.97 Å². The van der Waals surface area contributed by atoms with Gasteiger partial charge in [-0.05, 0) is 30.9 Å². The number of carbonyl (C=O) groups excluding carboxylic acids is 1. The molecule has 0 spiro atoms. The standard InChI is InChI=1S/C12H17NO2/c1-9-5-3-4-6-10(9)7-8-11(13)12(14)15-2/h3-6,11H,7-8,13H2,1-2H3. The molecule has 1 aromatic carbocycles. The number of carbonyl (C=O) groups is 1. The van der Waals surface area contributed by atoms with Gasteiger partial charge in [0.05, 0.1) is 7.11 Å². The first kappa shape index (κ1) is 11.7. The Kier molecular flexibility index (Phi) is 4.31. The highest BCUT2D eigenvalue weighted by atomic mass is 16.5. The molecule has 1 rings (SSSR count). The summed E-state index contributed by atoms with van der Waals surface area (Å²) in [5.41, 5.74) is 8.12. The van der Waals surface area contributed by atoms with Gasteiger partial charge in [-0.15, -0.1) is 0 Å². The molecule has 15 heavy (non-hydrogen) atoms. The molecule has 0 radical (unpaired) electrons. The van der Waals surface area contributed by atoms with Crippen LogP contribution in [0.1, 0.15) is 17.5 Å². The summed E-state index contributed by atoms with van der Waals surface area (Å²) in [5.74, 6) is -0.344. The van der Waals surface area contributed by atoms with Gasteiger partial charge < -0.3 is 10.5 Å². The summed E-state index contributed by atoms with van der Waals surface area (Å²) in [4.78, 5) is 11.1. The zero-order chi connectivity index (χ0) is 11.3. The Morgan fingerprint density at radius 3 is 2.73 bits per heavy atom. The van der Waals surface area contributed by atoms with Crippen molar-refractivity contribution in [2.45, 2.75) is 25.8 Å². The Balaban J connectivity index is 2.50. The maximum Gasteiger partial charge on any atom is 0.322 e. The predicted octanol–water partition coefficient (Wildman–Crippen LogP) is 1.43. The molecule has 1 unspecified atom stereocenters. The second-order valence-electron chi connectivity index (χ2n) is 3.59. The molecule has 0 fully saturated rings. The van der Waals surface area contributed by atoms with E-state index in [-0.39, 0.29) is 5.97 Å². The molecule has 0 aliphatic rings. The molecule has 0 saturated carbocycles. The third-order valence-corrected chi connectivity index (χ3v) is 2.49. The quantitative estimate of drug-likeness (QED) is 0.760. The molecular formula is C12H17NO2. The van der Waals surface area contributed by atoms with E-state index in [9.17, 15) is 4.79 Å². The van der Waals surface area contributed by atoms with E-state index < -0.39 is 6.04 Å². The van der Waals surface area contributed by atoms with Crippen LogP contribution in [0.2, 0.25) is 0 Å². The minimum atomic E-state index is -0.519. The first-order valence-corrected chi connectivity index (χ1v) is 5.03. The van der Waals surface area contributed by atoms with Gasteiger partial charge in [-0.1, -0.05) is 24.3 Å². The fraction of sp³-hybridized carbons (Fsp3) is 0.417. The van der Waals surface area contributed by atoms with Crippen molar-refractivity contribution in [1.82, 2.24) is 0 Å². The van der Waals surface area contributed by atoms with E-state index in [1.807, 2.05) is 12.1 Å². The molecule has 1 atom stereocenters. The SMILES string of the molecule is COC(=O)C(N)CCc1ccccc1C. The fourth-order valence-corrected chi connectivity index (χ4v) is 1.47. The van der Waals surface area contributed by atoms with Crippen LogP contribution >= 0.6 is 0 Å². The molecule has 0 aliphatic heterocycles. The fourth-order valence-electron chi connectivity index (χ4n) is 1.47. The molecule has 2 N–H and O–H groups in total. The predicted molar refractivity (Wildman–Crippen MR) is 59.5 cm³/mol. The average molecular weight is 207 g/mol. The average Bonchev–Trinajstić information content (AvgIpc) is 2.26. The van der Waals surface area contributed by atoms with Crippen molar-refractivity contribution in [3.63, 3.8) is 0 Å². The summed E-state index contributed by atoms with van der Waals surface area (Å²) in [5, 5.41) is 0. The van der Waals surface area contributed by atoms with Crippen LogP contribution in [0.4, 0.5) is 0 Å². The number of hydrogen-bond donors (Lipinski definition) is 1. The molecule has 0 bridgehead atoms. The largest absolute Gasteiger partial charge is 0.468 e. The first-order chi connectivity index (χ1) is 7.15. The van der Waals surface area contributed by atoms with Gasteiger partial charge in [0.2, 0.25) is 0 Å². The Labute approximate surface area is 90.2 Å². The van der Waals surface area contributed by atoms with Crippen LogP contribution in [0.25, 0.3) is 0 Å². The first-order valence-electron chi connectivity index (χ1n) is 5.03. The summed E-state index contributed by atoms with van der Waals surface area (Å²) < 4.78 is 4.57. The van der Waals surface area contributed by atoms with Crippen molar-refractivity contribution >= 4 is 5.97 Å². The second kappa shape index (κ2) is 5.51. The molecule has 0 amide bonds. The molecular weight excluding hydrogens is 190 g/mol. The topological polar surface area (TPSA) is 52.3 Å². The Morgan fingerprint density at radius 1 is 1.47 bits per heavy atom. The number of esters is 1. The third kappa shape index (κ3) is 3.36. The molecule has 0 aliphatic carbocycles. The van der Waals surface area contributed by atoms with Gasteiger partial charge in [-0.25, -0.2) is 0 Å². The lowest BCUT2D eigenvalue weighted by Crippen LogP contribution is -2.31. The van der Waals surface area contributed by atoms with E-state index in [1.165, 1.54) is 18.2 Å². The highest BCUT2D eigenvalue weighted by Crippen LogP contribution is 2.10. The van der Waals surface area contributed by atoms with Gasteiger partial charge in [-0.3, -0.25) is 4.79 Å². The van der Waals surface area contributed by atoms with Crippen molar-refractivity contribution in [2.24, 2.45) is 5.73 Å². The van der Waals surface area contributed by atoms with E-state index in [0.717, 1.165) is 6.42 Å². The summed E-state index contributed by atoms with van der Waals surface area (Å²) in [6.45, 7) is 2.05. The number of rotatable bonds is 4. The Hall–Kier alpha value is -1.35. The summed E-state index contributed by atoms with van der Waals surface area (Å²) in [6, 6.07) is 7.58. The van der Waals surface area contributed by atoms with Crippen LogP contribution in [0.3, 0.4) is 0 Å². The van der Waals surface area contributed by atoms with Gasteiger partial charge in [-0.2, -0.15) is 0 Å². The van der Waals surface area contributed by atoms with Crippen molar-refractivity contribution in [3.8, 4) is 0 Å². The number of methoxy groups -OCH3 is 1. The number of hydrogen-bond acceptors (Lipinski definition) is 3. The third-order valence-electron chi connectivity index (χ3n) is 2.49. The van der Waals surface area contributed by atoms with Gasteiger partial charge in [0.1, 0.15) is 6.04 Å². The van der Waals surface area contributed by atoms with Crippen molar-refractivity contribution in [2.75, 3.05) is 7.11 Å². The molecule has 0 heterocycles. The zero-order valence-electron chi connectivity index (χ0n) is 9.19. The molecule has 0 aromatic heterocycles. The smallest absolute Gasteiger partial charge is 0.322 e. The molecule has 0 saturated heterocycles. The Bertz CT molecular complexity index is 336. The van der Waals surface area contributed by atoms with Crippen LogP contribution in [0.5, 0.6) is 0 Å². The number of aryl methyl sites for hydroxylation is 2. The summed E-state index contributed by atoms with van der Waals surface area (Å²) in [6.07, 6.45) is 1.43. The van der Waals surface area contributed by atoms with E-state index in [2.05, 4.69) is 23.8 Å². The molecule has 82 valence electrons. The highest BCUT2D eigenvalue weighted by molar-refractivity contribution is 5.75. The molecule has 3 nitrogen and oxygen atoms in total. The monoisotopic (exact) mass is 207 g/mol. The maximum atomic E-state index is 11.1. The summed E-state index contributed by atoms with van der Waals surface area (Å²) in [7, 11) is 1.36. The maximum absolute atomic E-state index is 11.1. The van der Waals surface area contributed by atoms with Crippen LogP contribution in [-0.2, 0) is 16.0 Å². The normalized spacial score (nSPS) is 12.2. The number of benzene rings is 1. The van der Waals surface area contributed by atoms with Gasteiger partial charge in [0.15, 0.2) is 0 Å². The van der Waals surface area contributed by atoms with E-state index in [4.69, 9.17) is 5.73 Å². The second-order valence-corrected chi connectivity index (χ2v) is 3.59. The van der Waals surface area contributed by atoms with Crippen LogP contribution in [-0.4, -0.2) is 19.1 Å². The van der Waals surface area contributed by atoms with Gasteiger partial charge in [0, 0.05) is 0 Å². The van der Waals surface area contributed by atoms with Crippen LogP contribution in [0.15, 0.2) is 24.3 Å². The summed E-state index contributed by atoms with van der Waals surface area (Å²) >= 11 is 0. The molecule has 1 aromatic rings. The highest BCUT2D eigenvalue weighted by Gasteiger charge is 2.13. The lowest BCUT2D eigenvalue weighted by Gasteiger charge is -2.10. The van der Waals surface area contributed by atoms with E-state index >= 15 is 0 Å². The number of ether oxygens (including phenoxy) is 1. The van der Waals surface area contributed by atoms with Crippen molar-refractivity contribution in [3.05, 3.63) is 35.4 Å². The van der Waals surface area contributed by atoms with Crippen molar-refractivity contribution in [1.29, 1.82) is 0 Å². The number of nitrogens with two attached hydrogens (primary N) is 1. The van der Waals surface area contributed by atoms with Crippen LogP contribution in [0, 0.1) is 6.92 Å². The lowest BCUT2D eigenvalue weighted by atomic mass is 10.0.